The number of carbonyl (C=O) groups is 1. The largest absolute Gasteiger partial charge is 0.508 e. The van der Waals surface area contributed by atoms with Gasteiger partial charge >= 0.3 is 6.03 Å². The summed E-state index contributed by atoms with van der Waals surface area (Å²) in [5, 5.41) is 16.1. The minimum atomic E-state index is -0.255. The number of amides is 2. The van der Waals surface area contributed by atoms with Crippen LogP contribution in [-0.4, -0.2) is 22.7 Å². The molecular weight excluding hydrogens is 358 g/mol. The number of rotatable bonds is 4. The second-order valence-corrected chi connectivity index (χ2v) is 6.01. The van der Waals surface area contributed by atoms with Crippen LogP contribution >= 0.6 is 15.9 Å². The lowest BCUT2D eigenvalue weighted by molar-refractivity contribution is 0.252. The Labute approximate surface area is 141 Å². The monoisotopic (exact) mass is 373 g/mol. The predicted octanol–water partition coefficient (Wildman–Crippen LogP) is 4.00. The van der Waals surface area contributed by atoms with Crippen molar-refractivity contribution in [1.82, 2.24) is 10.3 Å². The van der Waals surface area contributed by atoms with E-state index < -0.39 is 0 Å². The van der Waals surface area contributed by atoms with E-state index in [0.717, 1.165) is 26.6 Å². The summed E-state index contributed by atoms with van der Waals surface area (Å²) in [6.07, 6.45) is 2.46. The third-order valence-corrected chi connectivity index (χ3v) is 4.33. The van der Waals surface area contributed by atoms with Gasteiger partial charge in [0.25, 0.3) is 0 Å². The highest BCUT2D eigenvalue weighted by Crippen LogP contribution is 2.23. The zero-order chi connectivity index (χ0) is 16.2. The van der Waals surface area contributed by atoms with Crippen molar-refractivity contribution in [1.29, 1.82) is 0 Å². The average molecular weight is 374 g/mol. The van der Waals surface area contributed by atoms with Crippen LogP contribution in [0.4, 0.5) is 10.5 Å². The second-order valence-electron chi connectivity index (χ2n) is 5.15. The van der Waals surface area contributed by atoms with Gasteiger partial charge in [-0.25, -0.2) is 4.79 Å². The first-order chi connectivity index (χ1) is 11.1. The van der Waals surface area contributed by atoms with Crippen molar-refractivity contribution in [2.24, 2.45) is 0 Å². The van der Waals surface area contributed by atoms with Crippen molar-refractivity contribution in [2.75, 3.05) is 11.9 Å². The normalized spacial score (nSPS) is 10.7. The van der Waals surface area contributed by atoms with E-state index in [1.807, 2.05) is 30.5 Å². The molecule has 3 rings (SSSR count). The number of benzene rings is 2. The van der Waals surface area contributed by atoms with Crippen molar-refractivity contribution >= 4 is 38.6 Å². The quantitative estimate of drug-likeness (QED) is 0.557. The van der Waals surface area contributed by atoms with Crippen LogP contribution in [0.25, 0.3) is 10.9 Å². The minimum Gasteiger partial charge on any atom is -0.508 e. The van der Waals surface area contributed by atoms with Crippen LogP contribution in [0.15, 0.2) is 53.1 Å². The summed E-state index contributed by atoms with van der Waals surface area (Å²) in [6.45, 7) is 0.469. The standard InChI is InChI=1S/C17H16BrN3O2/c18-14-5-4-12(22)10-11(14)6-8-20-17(23)21-16-3-1-2-15-13(16)7-9-19-15/h1-5,7,9-10,19,22H,6,8H2,(H2,20,21,23). The molecule has 1 heterocycles. The molecule has 0 saturated carbocycles. The minimum absolute atomic E-state index is 0.215. The number of urea groups is 1. The van der Waals surface area contributed by atoms with E-state index >= 15 is 0 Å². The van der Waals surface area contributed by atoms with Gasteiger partial charge in [-0.3, -0.25) is 0 Å². The van der Waals surface area contributed by atoms with Gasteiger partial charge in [-0.05, 0) is 48.4 Å². The lowest BCUT2D eigenvalue weighted by atomic mass is 10.1. The van der Waals surface area contributed by atoms with Gasteiger partial charge in [0.2, 0.25) is 0 Å². The molecule has 23 heavy (non-hydrogen) atoms. The summed E-state index contributed by atoms with van der Waals surface area (Å²) in [4.78, 5) is 15.1. The molecule has 0 fully saturated rings. The highest BCUT2D eigenvalue weighted by Gasteiger charge is 2.07. The topological polar surface area (TPSA) is 77.2 Å². The first kappa shape index (κ1) is 15.4. The van der Waals surface area contributed by atoms with E-state index in [0.29, 0.717) is 13.0 Å². The molecule has 0 saturated heterocycles. The maximum atomic E-state index is 12.0. The molecule has 4 N–H and O–H groups in total. The van der Waals surface area contributed by atoms with Crippen LogP contribution in [0.1, 0.15) is 5.56 Å². The number of phenols is 1. The molecule has 2 aromatic carbocycles. The van der Waals surface area contributed by atoms with E-state index in [1.54, 1.807) is 18.2 Å². The van der Waals surface area contributed by atoms with Crippen LogP contribution in [0, 0.1) is 0 Å². The van der Waals surface area contributed by atoms with E-state index in [-0.39, 0.29) is 11.8 Å². The van der Waals surface area contributed by atoms with Gasteiger partial charge in [0.15, 0.2) is 0 Å². The lowest BCUT2D eigenvalue weighted by Crippen LogP contribution is -2.30. The Morgan fingerprint density at radius 1 is 1.22 bits per heavy atom. The SMILES string of the molecule is O=C(NCCc1cc(O)ccc1Br)Nc1cccc2[nH]ccc12. The summed E-state index contributed by atoms with van der Waals surface area (Å²) in [5.74, 6) is 0.215. The Morgan fingerprint density at radius 2 is 2.09 bits per heavy atom. The second kappa shape index (κ2) is 6.75. The van der Waals surface area contributed by atoms with Gasteiger partial charge in [-0.2, -0.15) is 0 Å². The summed E-state index contributed by atoms with van der Waals surface area (Å²) >= 11 is 3.43. The van der Waals surface area contributed by atoms with Gasteiger partial charge in [0, 0.05) is 28.1 Å². The molecule has 3 aromatic rings. The number of carbonyl (C=O) groups excluding carboxylic acids is 1. The number of aromatic hydroxyl groups is 1. The number of hydrogen-bond acceptors (Lipinski definition) is 2. The average Bonchev–Trinajstić information content (AvgIpc) is 3.00. The third-order valence-electron chi connectivity index (χ3n) is 3.55. The molecule has 2 amide bonds. The van der Waals surface area contributed by atoms with Gasteiger partial charge in [-0.1, -0.05) is 22.0 Å². The maximum Gasteiger partial charge on any atom is 0.319 e. The Bertz CT molecular complexity index is 845. The molecule has 0 bridgehead atoms. The fourth-order valence-corrected chi connectivity index (χ4v) is 2.87. The highest BCUT2D eigenvalue weighted by atomic mass is 79.9. The number of aromatic nitrogens is 1. The first-order valence-corrected chi connectivity index (χ1v) is 8.01. The van der Waals surface area contributed by atoms with Gasteiger partial charge in [0.1, 0.15) is 5.75 Å². The Morgan fingerprint density at radius 3 is 2.96 bits per heavy atom. The lowest BCUT2D eigenvalue weighted by Gasteiger charge is -2.09. The number of H-pyrrole nitrogens is 1. The zero-order valence-electron chi connectivity index (χ0n) is 12.3. The van der Waals surface area contributed by atoms with E-state index in [1.165, 1.54) is 0 Å². The summed E-state index contributed by atoms with van der Waals surface area (Å²) in [6, 6.07) is 12.5. The van der Waals surface area contributed by atoms with Gasteiger partial charge < -0.3 is 20.7 Å². The molecule has 118 valence electrons. The van der Waals surface area contributed by atoms with Crippen LogP contribution in [0.3, 0.4) is 0 Å². The van der Waals surface area contributed by atoms with Crippen molar-refractivity contribution < 1.29 is 9.90 Å². The summed E-state index contributed by atoms with van der Waals surface area (Å²) in [5.41, 5.74) is 2.68. The number of hydrogen-bond donors (Lipinski definition) is 4. The number of nitrogens with one attached hydrogen (secondary N) is 3. The smallest absolute Gasteiger partial charge is 0.319 e. The van der Waals surface area contributed by atoms with Crippen LogP contribution in [0.2, 0.25) is 0 Å². The van der Waals surface area contributed by atoms with Crippen molar-refractivity contribution in [3.8, 4) is 5.75 Å². The van der Waals surface area contributed by atoms with Gasteiger partial charge in [0.05, 0.1) is 5.69 Å². The number of anilines is 1. The molecule has 6 heteroatoms. The Hall–Kier alpha value is -2.47. The molecule has 1 aromatic heterocycles. The van der Waals surface area contributed by atoms with E-state index in [9.17, 15) is 9.90 Å². The van der Waals surface area contributed by atoms with Crippen LogP contribution in [0.5, 0.6) is 5.75 Å². The fourth-order valence-electron chi connectivity index (χ4n) is 2.42. The van der Waals surface area contributed by atoms with E-state index in [2.05, 4.69) is 31.5 Å². The Balaban J connectivity index is 1.58. The summed E-state index contributed by atoms with van der Waals surface area (Å²) in [7, 11) is 0. The highest BCUT2D eigenvalue weighted by molar-refractivity contribution is 9.10. The van der Waals surface area contributed by atoms with E-state index in [4.69, 9.17) is 0 Å². The molecule has 0 unspecified atom stereocenters. The fraction of sp³-hybridized carbons (Fsp3) is 0.118. The van der Waals surface area contributed by atoms with Crippen molar-refractivity contribution in [3.63, 3.8) is 0 Å². The number of fused-ring (bicyclic) bond motifs is 1. The van der Waals surface area contributed by atoms with Crippen LogP contribution < -0.4 is 10.6 Å². The predicted molar refractivity (Wildman–Crippen MR) is 94.8 cm³/mol. The molecule has 0 spiro atoms. The molecule has 0 aliphatic rings. The maximum absolute atomic E-state index is 12.0. The molecule has 0 radical (unpaired) electrons. The molecule has 0 aliphatic heterocycles. The van der Waals surface area contributed by atoms with Crippen LogP contribution in [-0.2, 0) is 6.42 Å². The number of halogens is 1. The zero-order valence-corrected chi connectivity index (χ0v) is 13.9. The van der Waals surface area contributed by atoms with Crippen molar-refractivity contribution in [2.45, 2.75) is 6.42 Å². The van der Waals surface area contributed by atoms with Gasteiger partial charge in [-0.15, -0.1) is 0 Å². The van der Waals surface area contributed by atoms with Crippen molar-refractivity contribution in [3.05, 3.63) is 58.7 Å². The molecular formula is C17H16BrN3O2. The molecule has 5 nitrogen and oxygen atoms in total. The molecule has 0 aliphatic carbocycles. The third kappa shape index (κ3) is 3.65. The number of phenolic OH excluding ortho intramolecular Hbond substituents is 1. The Kier molecular flexibility index (Phi) is 4.52. The number of aromatic amines is 1. The molecule has 0 atom stereocenters. The summed E-state index contributed by atoms with van der Waals surface area (Å²) < 4.78 is 0.912. The first-order valence-electron chi connectivity index (χ1n) is 7.22.